The molecule has 1 aliphatic carbocycles. The van der Waals surface area contributed by atoms with Crippen molar-refractivity contribution in [2.75, 3.05) is 5.32 Å². The maximum absolute atomic E-state index is 13.0. The van der Waals surface area contributed by atoms with Crippen LogP contribution in [0.2, 0.25) is 10.0 Å². The molecule has 2 unspecified atom stereocenters. The highest BCUT2D eigenvalue weighted by Gasteiger charge is 2.58. The second kappa shape index (κ2) is 10.5. The number of amides is 2. The number of hydrogen-bond donors (Lipinski definition) is 4. The molecular formula is C26H28Cl2N2O6. The fourth-order valence-corrected chi connectivity index (χ4v) is 5.25. The van der Waals surface area contributed by atoms with Gasteiger partial charge in [-0.25, -0.2) is 4.79 Å². The number of anilines is 1. The summed E-state index contributed by atoms with van der Waals surface area (Å²) in [5.74, 6) is -3.76. The van der Waals surface area contributed by atoms with E-state index in [9.17, 15) is 29.4 Å². The van der Waals surface area contributed by atoms with Gasteiger partial charge < -0.3 is 20.8 Å². The Kier molecular flexibility index (Phi) is 8.00. The van der Waals surface area contributed by atoms with E-state index in [-0.39, 0.29) is 22.0 Å². The van der Waals surface area contributed by atoms with E-state index in [0.29, 0.717) is 24.1 Å². The van der Waals surface area contributed by atoms with Crippen molar-refractivity contribution in [1.29, 1.82) is 0 Å². The molecule has 192 valence electrons. The van der Waals surface area contributed by atoms with E-state index in [0.717, 1.165) is 0 Å². The zero-order valence-corrected chi connectivity index (χ0v) is 21.6. The molecule has 4 N–H and O–H groups in total. The largest absolute Gasteiger partial charge is 0.481 e. The molecule has 0 aliphatic heterocycles. The van der Waals surface area contributed by atoms with Crippen molar-refractivity contribution in [1.82, 2.24) is 5.32 Å². The number of carboxylic acids is 2. The van der Waals surface area contributed by atoms with Crippen LogP contribution in [0.3, 0.4) is 0 Å². The first-order chi connectivity index (χ1) is 16.8. The van der Waals surface area contributed by atoms with Crippen LogP contribution in [0.5, 0.6) is 0 Å². The van der Waals surface area contributed by atoms with E-state index >= 15 is 0 Å². The number of halogens is 2. The maximum Gasteiger partial charge on any atom is 0.326 e. The lowest BCUT2D eigenvalue weighted by atomic mass is 9.65. The van der Waals surface area contributed by atoms with Gasteiger partial charge in [0.05, 0.1) is 21.0 Å². The molecule has 0 saturated heterocycles. The van der Waals surface area contributed by atoms with Gasteiger partial charge in [-0.1, -0.05) is 55.2 Å². The summed E-state index contributed by atoms with van der Waals surface area (Å²) < 4.78 is 0. The lowest BCUT2D eigenvalue weighted by Crippen LogP contribution is -2.49. The average molecular weight is 535 g/mol. The SMILES string of the molecule is CC1(C(=O)O)CCC(C(=O)N[C@@H](Cc2ccc(NC(=O)c3c(Cl)cccc3Cl)cc2)C(=O)O)C1(C)C. The van der Waals surface area contributed by atoms with Crippen molar-refractivity contribution in [2.24, 2.45) is 16.7 Å². The fraction of sp³-hybridized carbons (Fsp3) is 0.385. The Hall–Kier alpha value is -3.10. The quantitative estimate of drug-likeness (QED) is 0.381. The van der Waals surface area contributed by atoms with Crippen molar-refractivity contribution in [3.8, 4) is 0 Å². The summed E-state index contributed by atoms with van der Waals surface area (Å²) in [7, 11) is 0. The van der Waals surface area contributed by atoms with Gasteiger partial charge in [-0.3, -0.25) is 14.4 Å². The maximum atomic E-state index is 13.0. The first-order valence-corrected chi connectivity index (χ1v) is 12.1. The number of carboxylic acid groups (broad SMARTS) is 2. The van der Waals surface area contributed by atoms with Crippen LogP contribution in [-0.2, 0) is 20.8 Å². The molecule has 2 amide bonds. The topological polar surface area (TPSA) is 133 Å². The summed E-state index contributed by atoms with van der Waals surface area (Å²) in [5, 5.41) is 25.1. The highest BCUT2D eigenvalue weighted by atomic mass is 35.5. The van der Waals surface area contributed by atoms with Gasteiger partial charge in [-0.15, -0.1) is 0 Å². The Morgan fingerprint density at radius 3 is 2.08 bits per heavy atom. The van der Waals surface area contributed by atoms with Crippen LogP contribution < -0.4 is 10.6 Å². The summed E-state index contributed by atoms with van der Waals surface area (Å²) in [6.07, 6.45) is 0.699. The minimum Gasteiger partial charge on any atom is -0.481 e. The van der Waals surface area contributed by atoms with Gasteiger partial charge in [0, 0.05) is 18.0 Å². The molecule has 0 bridgehead atoms. The van der Waals surface area contributed by atoms with Gasteiger partial charge in [0.15, 0.2) is 0 Å². The molecule has 0 heterocycles. The zero-order chi connectivity index (χ0) is 26.8. The molecule has 0 aromatic heterocycles. The molecule has 0 spiro atoms. The van der Waals surface area contributed by atoms with Crippen LogP contribution in [-0.4, -0.2) is 40.0 Å². The molecule has 0 radical (unpaired) electrons. The minimum atomic E-state index is -1.20. The Labute approximate surface area is 219 Å². The number of rotatable bonds is 8. The Balaban J connectivity index is 1.68. The molecule has 2 aromatic carbocycles. The average Bonchev–Trinajstić information content (AvgIpc) is 3.04. The van der Waals surface area contributed by atoms with Crippen LogP contribution >= 0.6 is 23.2 Å². The molecular weight excluding hydrogens is 507 g/mol. The number of benzene rings is 2. The first kappa shape index (κ1) is 27.5. The second-order valence-corrected chi connectivity index (χ2v) is 10.6. The predicted octanol–water partition coefficient (Wildman–Crippen LogP) is 4.88. The van der Waals surface area contributed by atoms with Crippen LogP contribution in [0.25, 0.3) is 0 Å². The number of aliphatic carboxylic acids is 2. The molecule has 3 atom stereocenters. The van der Waals surface area contributed by atoms with Crippen molar-refractivity contribution in [2.45, 2.75) is 46.1 Å². The fourth-order valence-electron chi connectivity index (χ4n) is 4.68. The third kappa shape index (κ3) is 5.34. The van der Waals surface area contributed by atoms with E-state index in [4.69, 9.17) is 23.2 Å². The summed E-state index contributed by atoms with van der Waals surface area (Å²) in [6, 6.07) is 10.1. The lowest BCUT2D eigenvalue weighted by molar-refractivity contribution is -0.155. The molecule has 10 heteroatoms. The summed E-state index contributed by atoms with van der Waals surface area (Å²) >= 11 is 12.2. The molecule has 1 saturated carbocycles. The summed E-state index contributed by atoms with van der Waals surface area (Å²) in [6.45, 7) is 5.09. The van der Waals surface area contributed by atoms with E-state index in [2.05, 4.69) is 10.6 Å². The van der Waals surface area contributed by atoms with Crippen molar-refractivity contribution < 1.29 is 29.4 Å². The van der Waals surface area contributed by atoms with Gasteiger partial charge in [0.1, 0.15) is 6.04 Å². The van der Waals surface area contributed by atoms with Gasteiger partial charge in [-0.05, 0) is 55.0 Å². The van der Waals surface area contributed by atoms with Gasteiger partial charge in [0.25, 0.3) is 5.91 Å². The number of hydrogen-bond acceptors (Lipinski definition) is 4. The molecule has 3 rings (SSSR count). The Morgan fingerprint density at radius 2 is 1.58 bits per heavy atom. The number of carbonyl (C=O) groups excluding carboxylic acids is 2. The molecule has 1 aliphatic rings. The van der Waals surface area contributed by atoms with Crippen molar-refractivity contribution in [3.05, 3.63) is 63.6 Å². The summed E-state index contributed by atoms with van der Waals surface area (Å²) in [4.78, 5) is 49.3. The van der Waals surface area contributed by atoms with E-state index < -0.39 is 46.5 Å². The van der Waals surface area contributed by atoms with Crippen LogP contribution in [0.1, 0.15) is 49.5 Å². The molecule has 1 fully saturated rings. The molecule has 2 aromatic rings. The van der Waals surface area contributed by atoms with Crippen LogP contribution in [0, 0.1) is 16.7 Å². The first-order valence-electron chi connectivity index (χ1n) is 11.4. The van der Waals surface area contributed by atoms with Crippen molar-refractivity contribution >= 4 is 52.6 Å². The van der Waals surface area contributed by atoms with Crippen molar-refractivity contribution in [3.63, 3.8) is 0 Å². The molecule has 8 nitrogen and oxygen atoms in total. The number of carbonyl (C=O) groups is 4. The minimum absolute atomic E-state index is 0.00892. The third-order valence-electron chi connectivity index (χ3n) is 7.47. The highest BCUT2D eigenvalue weighted by Crippen LogP contribution is 2.56. The van der Waals surface area contributed by atoms with E-state index in [1.165, 1.54) is 0 Å². The number of nitrogens with one attached hydrogen (secondary N) is 2. The van der Waals surface area contributed by atoms with Crippen LogP contribution in [0.4, 0.5) is 5.69 Å². The second-order valence-electron chi connectivity index (χ2n) is 9.80. The predicted molar refractivity (Wildman–Crippen MR) is 136 cm³/mol. The zero-order valence-electron chi connectivity index (χ0n) is 20.1. The monoisotopic (exact) mass is 534 g/mol. The Morgan fingerprint density at radius 1 is 1.00 bits per heavy atom. The Bertz CT molecular complexity index is 1180. The summed E-state index contributed by atoms with van der Waals surface area (Å²) in [5.41, 5.74) is -0.709. The normalized spacial score (nSPS) is 21.4. The van der Waals surface area contributed by atoms with Gasteiger partial charge in [0.2, 0.25) is 5.91 Å². The standard InChI is InChI=1S/C26H28Cl2N2O6/c1-25(2)16(11-12-26(25,3)24(35)36)21(31)30-19(23(33)34)13-14-7-9-15(10-8-14)29-22(32)20-17(27)5-4-6-18(20)28/h4-10,16,19H,11-13H2,1-3H3,(H,29,32)(H,30,31)(H,33,34)(H,35,36)/t16?,19-,26?/m0/s1. The van der Waals surface area contributed by atoms with E-state index in [1.54, 1.807) is 63.2 Å². The third-order valence-corrected chi connectivity index (χ3v) is 8.10. The highest BCUT2D eigenvalue weighted by molar-refractivity contribution is 6.40. The van der Waals surface area contributed by atoms with E-state index in [1.807, 2.05) is 0 Å². The lowest BCUT2D eigenvalue weighted by Gasteiger charge is -2.38. The van der Waals surface area contributed by atoms with Crippen LogP contribution in [0.15, 0.2) is 42.5 Å². The van der Waals surface area contributed by atoms with Gasteiger partial charge >= 0.3 is 11.9 Å². The smallest absolute Gasteiger partial charge is 0.326 e. The molecule has 36 heavy (non-hydrogen) atoms. The van der Waals surface area contributed by atoms with Gasteiger partial charge in [-0.2, -0.15) is 0 Å².